The van der Waals surface area contributed by atoms with Gasteiger partial charge in [0.05, 0.1) is 12.5 Å². The second-order valence-electron chi connectivity index (χ2n) is 4.24. The maximum absolute atomic E-state index is 11.8. The summed E-state index contributed by atoms with van der Waals surface area (Å²) in [6.45, 7) is 1.55. The molecule has 1 fully saturated rings. The van der Waals surface area contributed by atoms with Gasteiger partial charge in [-0.05, 0) is 19.8 Å². The Morgan fingerprint density at radius 2 is 2.24 bits per heavy atom. The number of rotatable bonds is 5. The lowest BCUT2D eigenvalue weighted by molar-refractivity contribution is -0.142. The molecule has 0 saturated carbocycles. The molecule has 1 heterocycles. The van der Waals surface area contributed by atoms with Crippen LogP contribution in [-0.4, -0.2) is 54.6 Å². The van der Waals surface area contributed by atoms with E-state index in [1.807, 2.05) is 0 Å². The van der Waals surface area contributed by atoms with Gasteiger partial charge in [0.2, 0.25) is 0 Å². The Morgan fingerprint density at radius 3 is 2.76 bits per heavy atom. The molecular formula is C9H18N2O5S. The Bertz CT molecular complexity index is 370. The molecule has 0 aromatic carbocycles. The van der Waals surface area contributed by atoms with E-state index in [0.29, 0.717) is 19.4 Å². The quantitative estimate of drug-likeness (QED) is 0.591. The summed E-state index contributed by atoms with van der Waals surface area (Å²) < 4.78 is 27.1. The smallest absolute Gasteiger partial charge is 0.307 e. The molecule has 17 heavy (non-hydrogen) atoms. The third-order valence-electron chi connectivity index (χ3n) is 2.70. The molecule has 1 rings (SSSR count). The largest absolute Gasteiger partial charge is 0.481 e. The van der Waals surface area contributed by atoms with Crippen LogP contribution in [0.2, 0.25) is 0 Å². The van der Waals surface area contributed by atoms with Crippen LogP contribution in [0.5, 0.6) is 0 Å². The van der Waals surface area contributed by atoms with E-state index in [1.165, 1.54) is 6.92 Å². The number of aliphatic hydroxyl groups excluding tert-OH is 1. The lowest BCUT2D eigenvalue weighted by Crippen LogP contribution is -2.50. The van der Waals surface area contributed by atoms with Gasteiger partial charge in [0, 0.05) is 19.1 Å². The Balaban J connectivity index is 2.68. The highest BCUT2D eigenvalue weighted by Crippen LogP contribution is 2.18. The lowest BCUT2D eigenvalue weighted by atomic mass is 10.0. The minimum absolute atomic E-state index is 0.0111. The van der Waals surface area contributed by atoms with Crippen molar-refractivity contribution < 1.29 is 23.4 Å². The van der Waals surface area contributed by atoms with E-state index < -0.39 is 28.1 Å². The molecule has 0 bridgehead atoms. The van der Waals surface area contributed by atoms with Crippen molar-refractivity contribution in [2.75, 3.05) is 19.7 Å². The number of hydrogen-bond donors (Lipinski definition) is 3. The summed E-state index contributed by atoms with van der Waals surface area (Å²) in [5.41, 5.74) is 0. The summed E-state index contributed by atoms with van der Waals surface area (Å²) in [7, 11) is -3.70. The zero-order valence-electron chi connectivity index (χ0n) is 9.66. The average Bonchev–Trinajstić information content (AvgIpc) is 2.28. The van der Waals surface area contributed by atoms with Gasteiger partial charge < -0.3 is 10.2 Å². The summed E-state index contributed by atoms with van der Waals surface area (Å²) in [5, 5.41) is 17.7. The number of nitrogens with one attached hydrogen (secondary N) is 1. The Labute approximate surface area is 101 Å². The van der Waals surface area contributed by atoms with Crippen molar-refractivity contribution in [1.82, 2.24) is 9.03 Å². The second-order valence-corrected chi connectivity index (χ2v) is 5.94. The number of nitrogens with zero attached hydrogens (tertiary/aromatic N) is 1. The van der Waals surface area contributed by atoms with Crippen LogP contribution in [0.25, 0.3) is 0 Å². The molecular weight excluding hydrogens is 248 g/mol. The highest BCUT2D eigenvalue weighted by molar-refractivity contribution is 7.87. The highest BCUT2D eigenvalue weighted by Gasteiger charge is 2.32. The van der Waals surface area contributed by atoms with Crippen LogP contribution in [0.15, 0.2) is 0 Å². The maximum atomic E-state index is 11.8. The van der Waals surface area contributed by atoms with E-state index in [4.69, 9.17) is 10.2 Å². The summed E-state index contributed by atoms with van der Waals surface area (Å²) in [5.74, 6) is -1.62. The van der Waals surface area contributed by atoms with Gasteiger partial charge in [0.25, 0.3) is 10.2 Å². The van der Waals surface area contributed by atoms with Crippen molar-refractivity contribution >= 4 is 16.2 Å². The summed E-state index contributed by atoms with van der Waals surface area (Å²) in [6, 6.07) is -0.579. The van der Waals surface area contributed by atoms with Crippen molar-refractivity contribution in [3.8, 4) is 0 Å². The van der Waals surface area contributed by atoms with E-state index >= 15 is 0 Å². The van der Waals surface area contributed by atoms with Crippen molar-refractivity contribution in [3.05, 3.63) is 0 Å². The summed E-state index contributed by atoms with van der Waals surface area (Å²) >= 11 is 0. The number of hydrogen-bond acceptors (Lipinski definition) is 4. The Kier molecular flexibility index (Phi) is 4.87. The fourth-order valence-corrected chi connectivity index (χ4v) is 3.21. The molecule has 0 amide bonds. The zero-order valence-corrected chi connectivity index (χ0v) is 10.5. The van der Waals surface area contributed by atoms with Gasteiger partial charge in [0.1, 0.15) is 0 Å². The molecule has 0 aromatic rings. The number of carboxylic acid groups (broad SMARTS) is 1. The third-order valence-corrected chi connectivity index (χ3v) is 4.41. The van der Waals surface area contributed by atoms with Crippen LogP contribution in [0.1, 0.15) is 19.8 Å². The fraction of sp³-hybridized carbons (Fsp3) is 0.889. The molecule has 8 heteroatoms. The maximum Gasteiger partial charge on any atom is 0.307 e. The zero-order chi connectivity index (χ0) is 13.1. The fourth-order valence-electron chi connectivity index (χ4n) is 1.73. The monoisotopic (exact) mass is 266 g/mol. The van der Waals surface area contributed by atoms with Crippen LogP contribution in [0.3, 0.4) is 0 Å². The molecule has 0 radical (unpaired) electrons. The van der Waals surface area contributed by atoms with E-state index in [2.05, 4.69) is 4.72 Å². The third kappa shape index (κ3) is 3.91. The summed E-state index contributed by atoms with van der Waals surface area (Å²) in [6.07, 6.45) is 1.03. The minimum atomic E-state index is -3.70. The first-order chi connectivity index (χ1) is 7.86. The van der Waals surface area contributed by atoms with Gasteiger partial charge >= 0.3 is 5.97 Å². The first kappa shape index (κ1) is 14.4. The molecule has 1 aliphatic heterocycles. The molecule has 0 spiro atoms. The van der Waals surface area contributed by atoms with Gasteiger partial charge in [-0.3, -0.25) is 4.79 Å². The van der Waals surface area contributed by atoms with Crippen LogP contribution in [0, 0.1) is 5.92 Å². The molecule has 0 aliphatic carbocycles. The van der Waals surface area contributed by atoms with Gasteiger partial charge in [-0.1, -0.05) is 0 Å². The van der Waals surface area contributed by atoms with Gasteiger partial charge in [-0.25, -0.2) is 0 Å². The first-order valence-corrected chi connectivity index (χ1v) is 6.92. The average molecular weight is 266 g/mol. The topological polar surface area (TPSA) is 107 Å². The van der Waals surface area contributed by atoms with Crippen molar-refractivity contribution in [2.45, 2.75) is 25.8 Å². The standard InChI is InChI=1S/C9H18N2O5S/c1-7(6-12)10-17(15,16)11-4-2-3-8(5-11)9(13)14/h7-8,10,12H,2-6H2,1H3,(H,13,14)/t7-,8?/m0/s1. The number of piperidine rings is 1. The second kappa shape index (κ2) is 5.76. The van der Waals surface area contributed by atoms with Crippen molar-refractivity contribution in [1.29, 1.82) is 0 Å². The van der Waals surface area contributed by atoms with Gasteiger partial charge in [0.15, 0.2) is 0 Å². The normalized spacial score (nSPS) is 24.5. The molecule has 0 aromatic heterocycles. The molecule has 1 saturated heterocycles. The predicted octanol–water partition coefficient (Wildman–Crippen LogP) is -1.00. The van der Waals surface area contributed by atoms with E-state index in [-0.39, 0.29) is 13.2 Å². The van der Waals surface area contributed by atoms with Crippen LogP contribution >= 0.6 is 0 Å². The number of carbonyl (C=O) groups is 1. The van der Waals surface area contributed by atoms with E-state index in [1.54, 1.807) is 0 Å². The molecule has 1 aliphatic rings. The van der Waals surface area contributed by atoms with E-state index in [0.717, 1.165) is 4.31 Å². The summed E-state index contributed by atoms with van der Waals surface area (Å²) in [4.78, 5) is 10.8. The molecule has 100 valence electrons. The van der Waals surface area contributed by atoms with Crippen LogP contribution < -0.4 is 4.72 Å². The van der Waals surface area contributed by atoms with Crippen molar-refractivity contribution in [2.24, 2.45) is 5.92 Å². The van der Waals surface area contributed by atoms with Crippen molar-refractivity contribution in [3.63, 3.8) is 0 Å². The molecule has 7 nitrogen and oxygen atoms in total. The molecule has 1 unspecified atom stereocenters. The first-order valence-electron chi connectivity index (χ1n) is 5.48. The SMILES string of the molecule is C[C@@H](CO)NS(=O)(=O)N1CCCC(C(=O)O)C1. The molecule has 2 atom stereocenters. The Morgan fingerprint density at radius 1 is 1.59 bits per heavy atom. The number of aliphatic hydroxyl groups is 1. The minimum Gasteiger partial charge on any atom is -0.481 e. The van der Waals surface area contributed by atoms with Crippen LogP contribution in [-0.2, 0) is 15.0 Å². The van der Waals surface area contributed by atoms with E-state index in [9.17, 15) is 13.2 Å². The molecule has 3 N–H and O–H groups in total. The van der Waals surface area contributed by atoms with Gasteiger partial charge in [-0.2, -0.15) is 17.4 Å². The lowest BCUT2D eigenvalue weighted by Gasteiger charge is -2.30. The number of aliphatic carboxylic acids is 1. The van der Waals surface area contributed by atoms with Gasteiger partial charge in [-0.15, -0.1) is 0 Å². The predicted molar refractivity (Wildman–Crippen MR) is 60.5 cm³/mol. The Hall–Kier alpha value is -0.700. The number of carboxylic acids is 1. The highest BCUT2D eigenvalue weighted by atomic mass is 32.2. The van der Waals surface area contributed by atoms with Crippen LogP contribution in [0.4, 0.5) is 0 Å².